The Kier molecular flexibility index (Phi) is 10.5. The molecule has 0 saturated heterocycles. The third-order valence-electron chi connectivity index (χ3n) is 3.57. The second-order valence-electron chi connectivity index (χ2n) is 7.27. The fourth-order valence-electron chi connectivity index (χ4n) is 2.24. The Morgan fingerprint density at radius 3 is 1.88 bits per heavy atom. The second-order valence-corrected chi connectivity index (χ2v) is 7.27. The van der Waals surface area contributed by atoms with Crippen molar-refractivity contribution in [3.63, 3.8) is 0 Å². The average Bonchev–Trinajstić information content (AvgIpc) is 2.50. The summed E-state index contributed by atoms with van der Waals surface area (Å²) in [4.78, 5) is 46.9. The highest BCUT2D eigenvalue weighted by Gasteiger charge is 2.25. The first-order chi connectivity index (χ1) is 11.9. The third-order valence-corrected chi connectivity index (χ3v) is 3.57. The second kappa shape index (κ2) is 11.5. The first kappa shape index (κ1) is 23.8. The molecule has 3 unspecified atom stereocenters. The highest BCUT2D eigenvalue weighted by Crippen LogP contribution is 2.07. The summed E-state index contributed by atoms with van der Waals surface area (Å²) in [5, 5.41) is 16.0. The molecule has 9 nitrogen and oxygen atoms in total. The normalized spacial score (nSPS) is 14.5. The van der Waals surface area contributed by atoms with Crippen LogP contribution in [0.25, 0.3) is 0 Å². The van der Waals surface area contributed by atoms with Crippen molar-refractivity contribution in [2.45, 2.75) is 65.6 Å². The Morgan fingerprint density at radius 2 is 1.42 bits per heavy atom. The number of carbonyl (C=O) groups excluding carboxylic acids is 3. The minimum Gasteiger partial charge on any atom is -0.480 e. The molecule has 9 heteroatoms. The van der Waals surface area contributed by atoms with Gasteiger partial charge in [0.2, 0.25) is 17.7 Å². The van der Waals surface area contributed by atoms with Crippen LogP contribution in [0.3, 0.4) is 0 Å². The fraction of sp³-hybridized carbons (Fsp3) is 0.765. The van der Waals surface area contributed by atoms with Crippen LogP contribution in [-0.2, 0) is 19.2 Å². The molecule has 0 heterocycles. The van der Waals surface area contributed by atoms with Crippen LogP contribution in [0.4, 0.5) is 0 Å². The van der Waals surface area contributed by atoms with Gasteiger partial charge >= 0.3 is 5.97 Å². The molecule has 0 rings (SSSR count). The molecule has 0 fully saturated rings. The first-order valence-corrected chi connectivity index (χ1v) is 8.79. The molecule has 0 aromatic carbocycles. The summed E-state index contributed by atoms with van der Waals surface area (Å²) in [7, 11) is 0. The van der Waals surface area contributed by atoms with Gasteiger partial charge in [-0.2, -0.15) is 0 Å². The van der Waals surface area contributed by atoms with Gasteiger partial charge in [0.15, 0.2) is 0 Å². The smallest absolute Gasteiger partial charge is 0.325 e. The highest BCUT2D eigenvalue weighted by molar-refractivity contribution is 5.92. The number of rotatable bonds is 11. The van der Waals surface area contributed by atoms with E-state index in [-0.39, 0.29) is 18.4 Å². The van der Waals surface area contributed by atoms with E-state index in [4.69, 9.17) is 10.8 Å². The molecule has 3 atom stereocenters. The SMILES string of the molecule is CC(C)CC(N)C(=O)NC(CC(C)C)C(=O)NCC(=O)NC(C)C(=O)O. The standard InChI is InChI=1S/C17H32N4O5/c1-9(2)6-12(18)15(23)21-13(7-10(3)4)16(24)19-8-14(22)20-11(5)17(25)26/h9-13H,6-8,18H2,1-5H3,(H,19,24)(H,20,22)(H,21,23)(H,25,26). The quantitative estimate of drug-likeness (QED) is 0.333. The summed E-state index contributed by atoms with van der Waals surface area (Å²) in [5.74, 6) is -2.35. The highest BCUT2D eigenvalue weighted by atomic mass is 16.4. The van der Waals surface area contributed by atoms with E-state index >= 15 is 0 Å². The minimum absolute atomic E-state index is 0.133. The Morgan fingerprint density at radius 1 is 0.885 bits per heavy atom. The summed E-state index contributed by atoms with van der Waals surface area (Å²) >= 11 is 0. The van der Waals surface area contributed by atoms with Crippen molar-refractivity contribution in [3.05, 3.63) is 0 Å². The van der Waals surface area contributed by atoms with Gasteiger partial charge in [-0.15, -0.1) is 0 Å². The van der Waals surface area contributed by atoms with E-state index in [1.54, 1.807) is 0 Å². The fourth-order valence-corrected chi connectivity index (χ4v) is 2.24. The zero-order chi connectivity index (χ0) is 20.4. The number of nitrogens with one attached hydrogen (secondary N) is 3. The van der Waals surface area contributed by atoms with Gasteiger partial charge in [-0.3, -0.25) is 19.2 Å². The molecule has 3 amide bonds. The lowest BCUT2D eigenvalue weighted by Gasteiger charge is -2.22. The molecular weight excluding hydrogens is 340 g/mol. The molecular formula is C17H32N4O5. The van der Waals surface area contributed by atoms with Crippen LogP contribution in [0.5, 0.6) is 0 Å². The number of carbonyl (C=O) groups is 4. The van der Waals surface area contributed by atoms with Gasteiger partial charge in [0.25, 0.3) is 0 Å². The monoisotopic (exact) mass is 372 g/mol. The van der Waals surface area contributed by atoms with Crippen molar-refractivity contribution in [1.29, 1.82) is 0 Å². The number of amides is 3. The largest absolute Gasteiger partial charge is 0.480 e. The Hall–Kier alpha value is -2.16. The van der Waals surface area contributed by atoms with E-state index in [0.29, 0.717) is 12.8 Å². The van der Waals surface area contributed by atoms with Gasteiger partial charge < -0.3 is 26.8 Å². The van der Waals surface area contributed by atoms with E-state index in [2.05, 4.69) is 16.0 Å². The van der Waals surface area contributed by atoms with Gasteiger partial charge in [0.05, 0.1) is 12.6 Å². The number of nitrogens with two attached hydrogens (primary N) is 1. The van der Waals surface area contributed by atoms with Crippen LogP contribution in [0.1, 0.15) is 47.5 Å². The van der Waals surface area contributed by atoms with Gasteiger partial charge in [-0.25, -0.2) is 0 Å². The predicted molar refractivity (Wildman–Crippen MR) is 97.1 cm³/mol. The summed E-state index contributed by atoms with van der Waals surface area (Å²) in [6.45, 7) is 8.65. The molecule has 0 radical (unpaired) electrons. The molecule has 0 spiro atoms. The molecule has 0 aliphatic heterocycles. The van der Waals surface area contributed by atoms with Crippen LogP contribution in [-0.4, -0.2) is 53.5 Å². The number of hydrogen-bond donors (Lipinski definition) is 5. The lowest BCUT2D eigenvalue weighted by molar-refractivity contribution is -0.141. The maximum Gasteiger partial charge on any atom is 0.325 e. The summed E-state index contributed by atoms with van der Waals surface area (Å²) in [6, 6.07) is -2.58. The summed E-state index contributed by atoms with van der Waals surface area (Å²) in [5.41, 5.74) is 5.84. The van der Waals surface area contributed by atoms with E-state index in [1.165, 1.54) is 6.92 Å². The van der Waals surface area contributed by atoms with Crippen LogP contribution in [0.2, 0.25) is 0 Å². The molecule has 0 aromatic rings. The van der Waals surface area contributed by atoms with Crippen LogP contribution < -0.4 is 21.7 Å². The molecule has 0 bridgehead atoms. The Labute approximate surface area is 154 Å². The average molecular weight is 372 g/mol. The van der Waals surface area contributed by atoms with Crippen LogP contribution in [0, 0.1) is 11.8 Å². The zero-order valence-corrected chi connectivity index (χ0v) is 16.2. The Balaban J connectivity index is 4.71. The van der Waals surface area contributed by atoms with Crippen molar-refractivity contribution in [2.24, 2.45) is 17.6 Å². The molecule has 0 aromatic heterocycles. The Bertz CT molecular complexity index is 507. The maximum absolute atomic E-state index is 12.3. The van der Waals surface area contributed by atoms with Crippen molar-refractivity contribution < 1.29 is 24.3 Å². The molecule has 6 N–H and O–H groups in total. The molecule has 150 valence electrons. The number of aliphatic carboxylic acids is 1. The van der Waals surface area contributed by atoms with Crippen LogP contribution >= 0.6 is 0 Å². The lowest BCUT2D eigenvalue weighted by Crippen LogP contribution is -2.53. The van der Waals surface area contributed by atoms with E-state index in [9.17, 15) is 19.2 Å². The van der Waals surface area contributed by atoms with Crippen molar-refractivity contribution >= 4 is 23.7 Å². The predicted octanol–water partition coefficient (Wildman–Crippen LogP) is -0.404. The van der Waals surface area contributed by atoms with Gasteiger partial charge in [0, 0.05) is 0 Å². The van der Waals surface area contributed by atoms with Crippen molar-refractivity contribution in [3.8, 4) is 0 Å². The topological polar surface area (TPSA) is 151 Å². The van der Waals surface area contributed by atoms with E-state index < -0.39 is 41.8 Å². The van der Waals surface area contributed by atoms with Crippen LogP contribution in [0.15, 0.2) is 0 Å². The summed E-state index contributed by atoms with van der Waals surface area (Å²) in [6.07, 6.45) is 0.885. The number of carboxylic acids is 1. The lowest BCUT2D eigenvalue weighted by atomic mass is 10.0. The minimum atomic E-state index is -1.17. The maximum atomic E-state index is 12.3. The molecule has 0 aliphatic rings. The molecule has 0 saturated carbocycles. The van der Waals surface area contributed by atoms with Crippen molar-refractivity contribution in [2.75, 3.05) is 6.54 Å². The first-order valence-electron chi connectivity index (χ1n) is 8.79. The molecule has 26 heavy (non-hydrogen) atoms. The van der Waals surface area contributed by atoms with Gasteiger partial charge in [0.1, 0.15) is 12.1 Å². The number of carboxylic acid groups (broad SMARTS) is 1. The van der Waals surface area contributed by atoms with Crippen molar-refractivity contribution in [1.82, 2.24) is 16.0 Å². The zero-order valence-electron chi connectivity index (χ0n) is 16.2. The molecule has 0 aliphatic carbocycles. The van der Waals surface area contributed by atoms with Gasteiger partial charge in [-0.1, -0.05) is 27.7 Å². The van der Waals surface area contributed by atoms with E-state index in [0.717, 1.165) is 0 Å². The summed E-state index contributed by atoms with van der Waals surface area (Å²) < 4.78 is 0. The van der Waals surface area contributed by atoms with Gasteiger partial charge in [-0.05, 0) is 31.6 Å². The number of hydrogen-bond acceptors (Lipinski definition) is 5. The third kappa shape index (κ3) is 9.97. The van der Waals surface area contributed by atoms with E-state index in [1.807, 2.05) is 27.7 Å².